The van der Waals surface area contributed by atoms with Crippen LogP contribution in [0.4, 0.5) is 0 Å². The van der Waals surface area contributed by atoms with E-state index >= 15 is 0 Å². The summed E-state index contributed by atoms with van der Waals surface area (Å²) in [6.07, 6.45) is 0. The van der Waals surface area contributed by atoms with Gasteiger partial charge in [0.25, 0.3) is 0 Å². The Bertz CT molecular complexity index is 8.00. The second-order valence-electron chi connectivity index (χ2n) is 0. The smallest absolute Gasteiger partial charge is 1.00 e. The van der Waals surface area contributed by atoms with E-state index in [1.165, 1.54) is 0 Å². The second-order valence-corrected chi connectivity index (χ2v) is 0. The molecule has 0 aliphatic rings. The summed E-state index contributed by atoms with van der Waals surface area (Å²) in [7, 11) is 0. The van der Waals surface area contributed by atoms with Crippen LogP contribution < -0.4 is 23.1 Å². The summed E-state index contributed by atoms with van der Waals surface area (Å²) in [5.41, 5.74) is 0. The summed E-state index contributed by atoms with van der Waals surface area (Å²) < 4.78 is 0. The van der Waals surface area contributed by atoms with Crippen molar-refractivity contribution < 1.29 is 17.0 Å². The fourth-order valence-corrected chi connectivity index (χ4v) is 0. The molecule has 0 aliphatic carbocycles. The average Bonchev–Trinajstić information content (AvgIpc) is 0. The van der Waals surface area contributed by atoms with E-state index in [-0.39, 0.29) is 53.6 Å². The van der Waals surface area contributed by atoms with Crippen molar-refractivity contribution in [3.8, 4) is 0 Å². The van der Waals surface area contributed by atoms with Crippen molar-refractivity contribution >= 4 is 23.1 Å². The molecule has 0 heterocycles. The molecule has 0 atom stereocenters. The fraction of sp³-hybridized carbons (Fsp3) is 0. The Morgan fingerprint density at radius 3 is 1.00 bits per heavy atom. The van der Waals surface area contributed by atoms with E-state index in [0.717, 1.165) is 0 Å². The first-order chi connectivity index (χ1) is 0. The molecule has 0 aromatic carbocycles. The monoisotopic (exact) mass is 135 g/mol. The van der Waals surface area contributed by atoms with Crippen LogP contribution in [0.1, 0.15) is 0 Å². The van der Waals surface area contributed by atoms with Crippen molar-refractivity contribution in [3.63, 3.8) is 0 Å². The first kappa shape index (κ1) is 63.3. The van der Waals surface area contributed by atoms with E-state index in [9.17, 15) is 0 Å². The first-order valence-electron chi connectivity index (χ1n) is 0. The molecule has 0 aromatic heterocycles. The summed E-state index contributed by atoms with van der Waals surface area (Å²) >= 11 is 0. The van der Waals surface area contributed by atoms with E-state index in [2.05, 4.69) is 0 Å². The maximum atomic E-state index is 0. The van der Waals surface area contributed by atoms with Crippen LogP contribution in [-0.4, -0.2) is 23.1 Å². The summed E-state index contributed by atoms with van der Waals surface area (Å²) in [5, 5.41) is 0. The molecular formula is CH6BrMgN. The maximum Gasteiger partial charge on any atom is 2.00 e. The molecule has 0 rings (SSSR count). The van der Waals surface area contributed by atoms with Gasteiger partial charge in [-0.3, -0.25) is 0 Å². The molecule has 1 nitrogen and oxygen atoms in total. The van der Waals surface area contributed by atoms with Gasteiger partial charge >= 0.3 is 23.1 Å². The topological polar surface area (TPSA) is 35.0 Å². The molecule has 0 saturated carbocycles. The van der Waals surface area contributed by atoms with Gasteiger partial charge in [-0.25, -0.2) is 0 Å². The molecule has 0 bridgehead atoms. The zero-order valence-electron chi connectivity index (χ0n) is 2.79. The van der Waals surface area contributed by atoms with Crippen LogP contribution in [-0.2, 0) is 0 Å². The van der Waals surface area contributed by atoms with Crippen LogP contribution in [0.25, 0.3) is 0 Å². The van der Waals surface area contributed by atoms with Gasteiger partial charge in [-0.1, -0.05) is 0 Å². The van der Waals surface area contributed by atoms with E-state index in [1.54, 1.807) is 0 Å². The number of halogens is 1. The third-order valence-corrected chi connectivity index (χ3v) is 0. The standard InChI is InChI=1S/CH3.BrH.Mg.H3N/h1H3;1H;;1H3/q-1;;+2;/p-1. The molecule has 0 aliphatic heterocycles. The third-order valence-electron chi connectivity index (χ3n) is 0. The molecule has 3 N–H and O–H groups in total. The number of hydrogen-bond donors (Lipinski definition) is 1. The fourth-order valence-electron chi connectivity index (χ4n) is 0. The summed E-state index contributed by atoms with van der Waals surface area (Å²) in [6, 6.07) is 0. The van der Waals surface area contributed by atoms with Gasteiger partial charge in [0, 0.05) is 0 Å². The predicted molar refractivity (Wildman–Crippen MR) is 17.2 cm³/mol. The van der Waals surface area contributed by atoms with Gasteiger partial charge in [-0.05, 0) is 0 Å². The molecule has 0 spiro atoms. The average molecular weight is 136 g/mol. The zero-order chi connectivity index (χ0) is 0. The van der Waals surface area contributed by atoms with Gasteiger partial charge in [0.15, 0.2) is 0 Å². The second kappa shape index (κ2) is 29.7. The van der Waals surface area contributed by atoms with Gasteiger partial charge in [-0.2, -0.15) is 0 Å². The van der Waals surface area contributed by atoms with E-state index < -0.39 is 0 Å². The quantitative estimate of drug-likeness (QED) is 0.284. The van der Waals surface area contributed by atoms with Gasteiger partial charge in [-0.15, -0.1) is 0 Å². The Kier molecular flexibility index (Phi) is 470. The van der Waals surface area contributed by atoms with Crippen LogP contribution in [0.2, 0.25) is 0 Å². The van der Waals surface area contributed by atoms with E-state index in [1.807, 2.05) is 0 Å². The van der Waals surface area contributed by atoms with Gasteiger partial charge in [0.05, 0.1) is 0 Å². The minimum Gasteiger partial charge on any atom is -1.00 e. The minimum atomic E-state index is 0. The van der Waals surface area contributed by atoms with Crippen LogP contribution >= 0.6 is 0 Å². The normalized spacial score (nSPS) is 0. The SMILES string of the molecule is N.[Br-].[CH3-].[Mg+2]. The summed E-state index contributed by atoms with van der Waals surface area (Å²) in [6.45, 7) is 0. The molecule has 3 heteroatoms. The molecule has 4 heavy (non-hydrogen) atoms. The molecule has 24 valence electrons. The van der Waals surface area contributed by atoms with Crippen LogP contribution in [0.5, 0.6) is 0 Å². The van der Waals surface area contributed by atoms with Gasteiger partial charge in [0.2, 0.25) is 0 Å². The van der Waals surface area contributed by atoms with Crippen LogP contribution in [0.3, 0.4) is 0 Å². The van der Waals surface area contributed by atoms with Crippen molar-refractivity contribution in [2.75, 3.05) is 0 Å². The first-order valence-corrected chi connectivity index (χ1v) is 0. The molecule has 0 aromatic rings. The summed E-state index contributed by atoms with van der Waals surface area (Å²) in [4.78, 5) is 0. The summed E-state index contributed by atoms with van der Waals surface area (Å²) in [5.74, 6) is 0. The molecule has 0 saturated heterocycles. The Morgan fingerprint density at radius 1 is 1.00 bits per heavy atom. The predicted octanol–water partition coefficient (Wildman–Crippen LogP) is -2.76. The Balaban J connectivity index is 0. The molecule has 0 unspecified atom stereocenters. The molecule has 0 amide bonds. The molecular weight excluding hydrogens is 130 g/mol. The Hall–Kier alpha value is 1.21. The van der Waals surface area contributed by atoms with Crippen molar-refractivity contribution in [3.05, 3.63) is 7.43 Å². The third kappa shape index (κ3) is 10.7. The van der Waals surface area contributed by atoms with Crippen molar-refractivity contribution in [1.29, 1.82) is 0 Å². The Morgan fingerprint density at radius 2 is 1.00 bits per heavy atom. The number of hydrogen-bond acceptors (Lipinski definition) is 1. The molecule has 0 fully saturated rings. The minimum absolute atomic E-state index is 0. The maximum absolute atomic E-state index is 0. The van der Waals surface area contributed by atoms with Crippen molar-refractivity contribution in [2.24, 2.45) is 0 Å². The number of rotatable bonds is 0. The van der Waals surface area contributed by atoms with Gasteiger partial charge in [0.1, 0.15) is 0 Å². The largest absolute Gasteiger partial charge is 2.00 e. The van der Waals surface area contributed by atoms with E-state index in [0.29, 0.717) is 0 Å². The van der Waals surface area contributed by atoms with Gasteiger partial charge < -0.3 is 30.6 Å². The van der Waals surface area contributed by atoms with Crippen molar-refractivity contribution in [2.45, 2.75) is 0 Å². The zero-order valence-corrected chi connectivity index (χ0v) is 5.79. The van der Waals surface area contributed by atoms with Crippen LogP contribution in [0.15, 0.2) is 0 Å². The molecule has 0 radical (unpaired) electrons. The Labute approximate surface area is 53.7 Å². The van der Waals surface area contributed by atoms with Crippen LogP contribution in [0, 0.1) is 7.43 Å². The van der Waals surface area contributed by atoms with Crippen molar-refractivity contribution in [1.82, 2.24) is 6.15 Å². The van der Waals surface area contributed by atoms with E-state index in [4.69, 9.17) is 0 Å².